The van der Waals surface area contributed by atoms with Crippen LogP contribution in [0.15, 0.2) is 79.1 Å². The van der Waals surface area contributed by atoms with Crippen molar-refractivity contribution in [1.29, 1.82) is 0 Å². The van der Waals surface area contributed by atoms with Crippen molar-refractivity contribution in [2.45, 2.75) is 19.0 Å². The summed E-state index contributed by atoms with van der Waals surface area (Å²) in [5.74, 6) is 0.131. The molecular weight excluding hydrogens is 372 g/mol. The number of aromatic nitrogens is 2. The van der Waals surface area contributed by atoms with Crippen LogP contribution in [-0.2, 0) is 20.1 Å². The molecule has 5 heteroatoms. The molecule has 0 bridgehead atoms. The number of carbonyl (C=O) groups excluding carboxylic acids is 1. The normalized spacial score (nSPS) is 15.8. The van der Waals surface area contributed by atoms with Gasteiger partial charge in [-0.15, -0.1) is 0 Å². The zero-order chi connectivity index (χ0) is 20.5. The number of hydrogen-bond donors (Lipinski definition) is 1. The van der Waals surface area contributed by atoms with Crippen LogP contribution >= 0.6 is 0 Å². The zero-order valence-corrected chi connectivity index (χ0v) is 17.0. The van der Waals surface area contributed by atoms with E-state index in [-0.39, 0.29) is 11.9 Å². The van der Waals surface area contributed by atoms with Crippen molar-refractivity contribution >= 4 is 16.8 Å². The van der Waals surface area contributed by atoms with Gasteiger partial charge in [-0.3, -0.25) is 4.68 Å². The number of nitrogens with zero attached hydrogens (tertiary/aromatic N) is 3. The maximum atomic E-state index is 13.1. The summed E-state index contributed by atoms with van der Waals surface area (Å²) in [7, 11) is 1.92. The summed E-state index contributed by atoms with van der Waals surface area (Å²) < 4.78 is 1.82. The number of benzene rings is 3. The molecule has 1 aliphatic heterocycles. The van der Waals surface area contributed by atoms with E-state index in [1.54, 1.807) is 0 Å². The third-order valence-electron chi connectivity index (χ3n) is 5.92. The molecule has 0 spiro atoms. The predicted molar refractivity (Wildman–Crippen MR) is 118 cm³/mol. The molecule has 30 heavy (non-hydrogen) atoms. The van der Waals surface area contributed by atoms with E-state index in [4.69, 9.17) is 0 Å². The Labute approximate surface area is 175 Å². The maximum Gasteiger partial charge on any atom is 0.317 e. The first kappa shape index (κ1) is 18.4. The highest BCUT2D eigenvalue weighted by molar-refractivity contribution is 5.86. The molecule has 3 aromatic carbocycles. The summed E-state index contributed by atoms with van der Waals surface area (Å²) in [6, 6.07) is 22.8. The van der Waals surface area contributed by atoms with Gasteiger partial charge in [-0.05, 0) is 33.0 Å². The van der Waals surface area contributed by atoms with Crippen LogP contribution < -0.4 is 5.32 Å². The van der Waals surface area contributed by atoms with Gasteiger partial charge in [0.1, 0.15) is 0 Å². The first-order valence-corrected chi connectivity index (χ1v) is 10.2. The van der Waals surface area contributed by atoms with E-state index < -0.39 is 0 Å². The lowest BCUT2D eigenvalue weighted by atomic mass is 9.86. The number of nitrogens with one attached hydrogen (secondary N) is 1. The number of carbonyl (C=O) groups is 1. The van der Waals surface area contributed by atoms with E-state index in [1.165, 1.54) is 21.9 Å². The molecule has 0 saturated heterocycles. The molecule has 4 aromatic rings. The summed E-state index contributed by atoms with van der Waals surface area (Å²) in [5.41, 5.74) is 4.74. The van der Waals surface area contributed by atoms with Gasteiger partial charge in [-0.2, -0.15) is 5.10 Å². The van der Waals surface area contributed by atoms with Crippen molar-refractivity contribution < 1.29 is 4.79 Å². The predicted octanol–water partition coefficient (Wildman–Crippen LogP) is 4.43. The second-order valence-corrected chi connectivity index (χ2v) is 7.88. The summed E-state index contributed by atoms with van der Waals surface area (Å²) in [5, 5.41) is 9.84. The Kier molecular flexibility index (Phi) is 4.71. The first-order chi connectivity index (χ1) is 14.7. The smallest absolute Gasteiger partial charge is 0.317 e. The van der Waals surface area contributed by atoms with Crippen molar-refractivity contribution in [3.05, 3.63) is 101 Å². The highest BCUT2D eigenvalue weighted by atomic mass is 16.2. The number of hydrogen-bond acceptors (Lipinski definition) is 2. The van der Waals surface area contributed by atoms with Crippen LogP contribution in [0.3, 0.4) is 0 Å². The van der Waals surface area contributed by atoms with Gasteiger partial charge in [0, 0.05) is 38.8 Å². The van der Waals surface area contributed by atoms with Crippen LogP contribution in [0.5, 0.6) is 0 Å². The standard InChI is InChI=1S/C25H24N4O/c1-28-15-21(14-27-28)24-17-29(16-20-8-3-5-12-23(20)24)25(30)26-13-19-10-6-9-18-7-2-4-11-22(18)19/h2-12,14-15,24H,13,16-17H2,1H3,(H,26,30)/t24-/m0/s1. The van der Waals surface area contributed by atoms with E-state index >= 15 is 0 Å². The Morgan fingerprint density at radius 3 is 2.73 bits per heavy atom. The molecule has 1 aromatic heterocycles. The Hall–Kier alpha value is -3.60. The SMILES string of the molecule is Cn1cc([C@@H]2CN(C(=O)NCc3cccc4ccccc34)Cc3ccccc32)cn1. The number of rotatable bonds is 3. The van der Waals surface area contributed by atoms with E-state index in [2.05, 4.69) is 52.9 Å². The Bertz CT molecular complexity index is 1210. The topological polar surface area (TPSA) is 50.2 Å². The molecule has 0 saturated carbocycles. The third kappa shape index (κ3) is 3.43. The van der Waals surface area contributed by atoms with Gasteiger partial charge in [-0.1, -0.05) is 66.7 Å². The molecule has 2 amide bonds. The first-order valence-electron chi connectivity index (χ1n) is 10.2. The highest BCUT2D eigenvalue weighted by Gasteiger charge is 2.29. The minimum absolute atomic E-state index is 0.0358. The molecule has 5 nitrogen and oxygen atoms in total. The van der Waals surface area contributed by atoms with Gasteiger partial charge in [0.05, 0.1) is 6.20 Å². The molecule has 5 rings (SSSR count). The number of aryl methyl sites for hydroxylation is 1. The van der Waals surface area contributed by atoms with E-state index in [9.17, 15) is 4.79 Å². The van der Waals surface area contributed by atoms with E-state index in [0.29, 0.717) is 19.6 Å². The molecule has 0 radical (unpaired) electrons. The molecule has 1 N–H and O–H groups in total. The fraction of sp³-hybridized carbons (Fsp3) is 0.200. The summed E-state index contributed by atoms with van der Waals surface area (Å²) in [6.07, 6.45) is 3.94. The fourth-order valence-corrected chi connectivity index (χ4v) is 4.40. The quantitative estimate of drug-likeness (QED) is 0.557. The lowest BCUT2D eigenvalue weighted by Crippen LogP contribution is -2.44. The number of fused-ring (bicyclic) bond motifs is 2. The van der Waals surface area contributed by atoms with Gasteiger partial charge in [0.25, 0.3) is 0 Å². The minimum atomic E-state index is -0.0358. The van der Waals surface area contributed by atoms with Gasteiger partial charge in [0.2, 0.25) is 0 Å². The lowest BCUT2D eigenvalue weighted by molar-refractivity contribution is 0.188. The summed E-state index contributed by atoms with van der Waals surface area (Å²) in [4.78, 5) is 15.0. The van der Waals surface area contributed by atoms with E-state index in [0.717, 1.165) is 11.1 Å². The average molecular weight is 396 g/mol. The highest BCUT2D eigenvalue weighted by Crippen LogP contribution is 2.33. The Balaban J connectivity index is 1.37. The van der Waals surface area contributed by atoms with Crippen molar-refractivity contribution in [2.24, 2.45) is 7.05 Å². The lowest BCUT2D eigenvalue weighted by Gasteiger charge is -2.34. The van der Waals surface area contributed by atoms with Gasteiger partial charge in [0.15, 0.2) is 0 Å². The molecule has 0 fully saturated rings. The molecule has 1 aliphatic rings. The molecule has 2 heterocycles. The monoisotopic (exact) mass is 396 g/mol. The fourth-order valence-electron chi connectivity index (χ4n) is 4.40. The van der Waals surface area contributed by atoms with Crippen molar-refractivity contribution in [3.8, 4) is 0 Å². The van der Waals surface area contributed by atoms with Crippen LogP contribution in [-0.4, -0.2) is 27.3 Å². The maximum absolute atomic E-state index is 13.1. The van der Waals surface area contributed by atoms with Gasteiger partial charge in [-0.25, -0.2) is 4.79 Å². The average Bonchev–Trinajstić information content (AvgIpc) is 3.22. The van der Waals surface area contributed by atoms with Gasteiger partial charge < -0.3 is 10.2 Å². The van der Waals surface area contributed by atoms with Crippen LogP contribution in [0.1, 0.15) is 28.2 Å². The minimum Gasteiger partial charge on any atom is -0.334 e. The van der Waals surface area contributed by atoms with Crippen molar-refractivity contribution in [3.63, 3.8) is 0 Å². The third-order valence-corrected chi connectivity index (χ3v) is 5.92. The van der Waals surface area contributed by atoms with Crippen LogP contribution in [0.25, 0.3) is 10.8 Å². The Morgan fingerprint density at radius 1 is 1.07 bits per heavy atom. The van der Waals surface area contributed by atoms with E-state index in [1.807, 2.05) is 53.3 Å². The summed E-state index contributed by atoms with van der Waals surface area (Å²) in [6.45, 7) is 1.77. The van der Waals surface area contributed by atoms with Crippen LogP contribution in [0.4, 0.5) is 4.79 Å². The Morgan fingerprint density at radius 2 is 1.87 bits per heavy atom. The largest absolute Gasteiger partial charge is 0.334 e. The van der Waals surface area contributed by atoms with Crippen LogP contribution in [0.2, 0.25) is 0 Å². The zero-order valence-electron chi connectivity index (χ0n) is 17.0. The van der Waals surface area contributed by atoms with Crippen molar-refractivity contribution in [2.75, 3.05) is 6.54 Å². The molecule has 0 aliphatic carbocycles. The second-order valence-electron chi connectivity index (χ2n) is 7.88. The summed E-state index contributed by atoms with van der Waals surface area (Å²) >= 11 is 0. The van der Waals surface area contributed by atoms with Crippen molar-refractivity contribution in [1.82, 2.24) is 20.0 Å². The number of amides is 2. The molecule has 0 unspecified atom stereocenters. The second kappa shape index (κ2) is 7.67. The van der Waals surface area contributed by atoms with Gasteiger partial charge >= 0.3 is 6.03 Å². The molecular formula is C25H24N4O. The molecule has 150 valence electrons. The number of urea groups is 1. The molecule has 1 atom stereocenters. The van der Waals surface area contributed by atoms with Crippen LogP contribution in [0, 0.1) is 0 Å².